The molecule has 1 aromatic rings. The van der Waals surface area contributed by atoms with Gasteiger partial charge in [0.25, 0.3) is 10.0 Å². The van der Waals surface area contributed by atoms with Crippen LogP contribution < -0.4 is 10.0 Å². The molecule has 0 fully saturated rings. The highest BCUT2D eigenvalue weighted by Crippen LogP contribution is 2.20. The zero-order valence-electron chi connectivity index (χ0n) is 11.2. The molecule has 1 heterocycles. The summed E-state index contributed by atoms with van der Waals surface area (Å²) in [5, 5.41) is 27.5. The summed E-state index contributed by atoms with van der Waals surface area (Å²) < 4.78 is 25.4. The molecule has 0 saturated heterocycles. The second-order valence-corrected chi connectivity index (χ2v) is 7.36. The Kier molecular flexibility index (Phi) is 5.33. The molecule has 0 bridgehead atoms. The predicted molar refractivity (Wildman–Crippen MR) is 72.3 cm³/mol. The summed E-state index contributed by atoms with van der Waals surface area (Å²) in [6, 6.07) is 0. The molecule has 1 aromatic heterocycles. The lowest BCUT2D eigenvalue weighted by molar-refractivity contribution is -0.141. The number of rotatable bonds is 7. The summed E-state index contributed by atoms with van der Waals surface area (Å²) in [6.45, 7) is 1.92. The molecule has 0 aliphatic rings. The first-order chi connectivity index (χ1) is 9.52. The van der Waals surface area contributed by atoms with Crippen LogP contribution in [0.15, 0.2) is 4.34 Å². The van der Waals surface area contributed by atoms with E-state index in [4.69, 9.17) is 5.11 Å². The predicted octanol–water partition coefficient (Wildman–Crippen LogP) is -0.999. The van der Waals surface area contributed by atoms with Gasteiger partial charge in [0.15, 0.2) is 0 Å². The number of carboxylic acids is 1. The van der Waals surface area contributed by atoms with E-state index in [0.717, 1.165) is 0 Å². The summed E-state index contributed by atoms with van der Waals surface area (Å²) in [7, 11) is -4.05. The van der Waals surface area contributed by atoms with Gasteiger partial charge in [0, 0.05) is 13.5 Å². The first-order valence-electron chi connectivity index (χ1n) is 5.57. The smallest absolute Gasteiger partial charge is 0.306 e. The topological polar surface area (TPSA) is 159 Å². The van der Waals surface area contributed by atoms with Crippen LogP contribution in [0.25, 0.3) is 0 Å². The van der Waals surface area contributed by atoms with Crippen molar-refractivity contribution in [3.63, 3.8) is 0 Å². The quantitative estimate of drug-likeness (QED) is 0.461. The minimum atomic E-state index is -4.05. The van der Waals surface area contributed by atoms with Gasteiger partial charge in [0.05, 0.1) is 12.0 Å². The largest absolute Gasteiger partial charge is 0.481 e. The molecule has 0 aliphatic heterocycles. The zero-order chi connectivity index (χ0) is 16.3. The normalized spacial score (nSPS) is 14.4. The minimum absolute atomic E-state index is 0.0140. The molecule has 0 spiro atoms. The van der Waals surface area contributed by atoms with Gasteiger partial charge in [-0.25, -0.2) is 13.1 Å². The summed E-state index contributed by atoms with van der Waals surface area (Å²) in [6.07, 6.45) is -0.622. The number of aliphatic hydroxyl groups is 1. The minimum Gasteiger partial charge on any atom is -0.481 e. The molecule has 21 heavy (non-hydrogen) atoms. The lowest BCUT2D eigenvalue weighted by atomic mass is 10.0. The number of nitrogens with zero attached hydrogens (tertiary/aromatic N) is 2. The molecule has 12 heteroatoms. The maximum absolute atomic E-state index is 11.9. The lowest BCUT2D eigenvalue weighted by Gasteiger charge is -2.20. The van der Waals surface area contributed by atoms with Gasteiger partial charge in [0.2, 0.25) is 15.4 Å². The number of carbonyl (C=O) groups excluding carboxylic acids is 1. The van der Waals surface area contributed by atoms with Gasteiger partial charge in [-0.3, -0.25) is 9.59 Å². The number of hydrogen-bond donors (Lipinski definition) is 4. The Bertz CT molecular complexity index is 638. The van der Waals surface area contributed by atoms with Crippen LogP contribution in [0.2, 0.25) is 0 Å². The number of sulfonamides is 1. The number of nitrogens with one attached hydrogen (secondary N) is 2. The van der Waals surface area contributed by atoms with E-state index in [9.17, 15) is 23.1 Å². The lowest BCUT2D eigenvalue weighted by Crippen LogP contribution is -2.42. The number of aliphatic carboxylic acids is 1. The Balaban J connectivity index is 2.75. The number of carboxylic acid groups (broad SMARTS) is 1. The molecule has 1 amide bonds. The van der Waals surface area contributed by atoms with Gasteiger partial charge in [0.1, 0.15) is 0 Å². The number of aromatic nitrogens is 2. The Hall–Kier alpha value is -1.63. The number of anilines is 1. The molecule has 0 saturated carbocycles. The Labute approximate surface area is 124 Å². The van der Waals surface area contributed by atoms with Crippen molar-refractivity contribution < 1.29 is 28.2 Å². The van der Waals surface area contributed by atoms with E-state index in [1.807, 2.05) is 4.72 Å². The highest BCUT2D eigenvalue weighted by atomic mass is 32.2. The highest BCUT2D eigenvalue weighted by Gasteiger charge is 2.28. The van der Waals surface area contributed by atoms with Crippen molar-refractivity contribution in [3.8, 4) is 0 Å². The van der Waals surface area contributed by atoms with Crippen LogP contribution in [-0.4, -0.2) is 52.9 Å². The fraction of sp³-hybridized carbons (Fsp3) is 0.556. The molecule has 10 nitrogen and oxygen atoms in total. The average Bonchev–Trinajstić information content (AvgIpc) is 2.73. The fourth-order valence-corrected chi connectivity index (χ4v) is 3.37. The highest BCUT2D eigenvalue weighted by molar-refractivity contribution is 7.91. The monoisotopic (exact) mass is 338 g/mol. The van der Waals surface area contributed by atoms with Crippen LogP contribution in [0, 0.1) is 0 Å². The van der Waals surface area contributed by atoms with Crippen molar-refractivity contribution in [2.45, 2.75) is 30.2 Å². The molecule has 0 aromatic carbocycles. The molecular formula is C9H14N4O6S2. The van der Waals surface area contributed by atoms with E-state index in [2.05, 4.69) is 15.5 Å². The molecule has 1 atom stereocenters. The second kappa shape index (κ2) is 6.43. The van der Waals surface area contributed by atoms with Crippen molar-refractivity contribution in [1.82, 2.24) is 14.9 Å². The van der Waals surface area contributed by atoms with Crippen molar-refractivity contribution in [3.05, 3.63) is 0 Å². The van der Waals surface area contributed by atoms with Crippen molar-refractivity contribution in [2.75, 3.05) is 11.9 Å². The van der Waals surface area contributed by atoms with Crippen LogP contribution in [0.5, 0.6) is 0 Å². The third-order valence-electron chi connectivity index (χ3n) is 2.09. The summed E-state index contributed by atoms with van der Waals surface area (Å²) in [5.74, 6) is -1.68. The summed E-state index contributed by atoms with van der Waals surface area (Å²) in [4.78, 5) is 21.3. The van der Waals surface area contributed by atoms with Crippen molar-refractivity contribution >= 4 is 38.4 Å². The van der Waals surface area contributed by atoms with Crippen LogP contribution in [0.1, 0.15) is 20.3 Å². The van der Waals surface area contributed by atoms with Crippen LogP contribution in [0.3, 0.4) is 0 Å². The van der Waals surface area contributed by atoms with E-state index in [1.165, 1.54) is 13.8 Å². The summed E-state index contributed by atoms with van der Waals surface area (Å²) in [5.41, 5.74) is -1.75. The number of hydrogen-bond acceptors (Lipinski definition) is 8. The molecule has 4 N–H and O–H groups in total. The number of carbonyl (C=O) groups is 2. The third-order valence-corrected chi connectivity index (χ3v) is 4.70. The Morgan fingerprint density at radius 1 is 1.38 bits per heavy atom. The molecule has 118 valence electrons. The fourth-order valence-electron chi connectivity index (χ4n) is 1.22. The Morgan fingerprint density at radius 3 is 2.52 bits per heavy atom. The van der Waals surface area contributed by atoms with E-state index >= 15 is 0 Å². The van der Waals surface area contributed by atoms with E-state index in [-0.39, 0.29) is 5.13 Å². The van der Waals surface area contributed by atoms with Gasteiger partial charge in [-0.15, -0.1) is 10.2 Å². The van der Waals surface area contributed by atoms with Crippen LogP contribution in [0.4, 0.5) is 5.13 Å². The molecule has 0 radical (unpaired) electrons. The van der Waals surface area contributed by atoms with E-state index in [1.54, 1.807) is 0 Å². The first-order valence-corrected chi connectivity index (χ1v) is 7.87. The second-order valence-electron chi connectivity index (χ2n) is 4.45. The maximum Gasteiger partial charge on any atom is 0.306 e. The first kappa shape index (κ1) is 17.4. The molecule has 1 unspecified atom stereocenters. The molecule has 1 rings (SSSR count). The van der Waals surface area contributed by atoms with Crippen LogP contribution in [-0.2, 0) is 19.6 Å². The standard InChI is InChI=1S/C9H14N4O6S2/c1-5(14)11-7-12-13-8(20-7)21(18,19)10-4-9(2,17)3-6(15)16/h10,17H,3-4H2,1-2H3,(H,15,16)(H,11,12,14). The van der Waals surface area contributed by atoms with Gasteiger partial charge >= 0.3 is 5.97 Å². The number of amides is 1. The summed E-state index contributed by atoms with van der Waals surface area (Å²) >= 11 is 0.630. The maximum atomic E-state index is 11.9. The van der Waals surface area contributed by atoms with Gasteiger partial charge in [-0.05, 0) is 6.92 Å². The van der Waals surface area contributed by atoms with Crippen LogP contribution >= 0.6 is 11.3 Å². The third kappa shape index (κ3) is 5.71. The van der Waals surface area contributed by atoms with Gasteiger partial charge in [-0.2, -0.15) is 0 Å². The SMILES string of the molecule is CC(=O)Nc1nnc(S(=O)(=O)NCC(C)(O)CC(=O)O)s1. The Morgan fingerprint density at radius 2 is 2.00 bits per heavy atom. The molecule has 0 aliphatic carbocycles. The van der Waals surface area contributed by atoms with Gasteiger partial charge in [-0.1, -0.05) is 11.3 Å². The van der Waals surface area contributed by atoms with Crippen molar-refractivity contribution in [2.24, 2.45) is 0 Å². The van der Waals surface area contributed by atoms with Crippen molar-refractivity contribution in [1.29, 1.82) is 0 Å². The van der Waals surface area contributed by atoms with E-state index in [0.29, 0.717) is 11.3 Å². The average molecular weight is 338 g/mol. The van der Waals surface area contributed by atoms with E-state index < -0.39 is 44.8 Å². The molecular weight excluding hydrogens is 324 g/mol. The van der Waals surface area contributed by atoms with Gasteiger partial charge < -0.3 is 15.5 Å². The zero-order valence-corrected chi connectivity index (χ0v) is 12.8.